The van der Waals surface area contributed by atoms with Crippen molar-refractivity contribution < 1.29 is 9.13 Å². The Balaban J connectivity index is 2.24. The van der Waals surface area contributed by atoms with Crippen LogP contribution in [0.1, 0.15) is 24.1 Å². The maximum atomic E-state index is 13.7. The molecule has 0 aliphatic heterocycles. The normalized spacial score (nSPS) is 11.7. The zero-order valence-corrected chi connectivity index (χ0v) is 11.2. The van der Waals surface area contributed by atoms with E-state index < -0.39 is 5.82 Å². The van der Waals surface area contributed by atoms with Crippen molar-refractivity contribution in [1.82, 2.24) is 10.3 Å². The Morgan fingerprint density at radius 1 is 1.35 bits per heavy atom. The highest BCUT2D eigenvalue weighted by molar-refractivity contribution is 5.38. The lowest BCUT2D eigenvalue weighted by atomic mass is 10.1. The molecule has 0 fully saturated rings. The van der Waals surface area contributed by atoms with Crippen molar-refractivity contribution in [2.24, 2.45) is 0 Å². The summed E-state index contributed by atoms with van der Waals surface area (Å²) < 4.78 is 19.2. The van der Waals surface area contributed by atoms with Crippen LogP contribution in [-0.2, 0) is 0 Å². The lowest BCUT2D eigenvalue weighted by molar-refractivity contribution is 0.426. The standard InChI is InChI=1S/C15H14FN3O/c1-10(18-2)12-5-6-19-15(8-12)20-14-4-3-11(9-17)7-13(14)16/h3-8,10,18H,1-2H3. The summed E-state index contributed by atoms with van der Waals surface area (Å²) in [5.74, 6) is -0.225. The molecule has 0 spiro atoms. The summed E-state index contributed by atoms with van der Waals surface area (Å²) in [7, 11) is 1.85. The number of nitriles is 1. The molecular weight excluding hydrogens is 257 g/mol. The van der Waals surface area contributed by atoms with E-state index in [-0.39, 0.29) is 17.4 Å². The molecule has 1 unspecified atom stereocenters. The smallest absolute Gasteiger partial charge is 0.219 e. The van der Waals surface area contributed by atoms with Crippen LogP contribution in [0.4, 0.5) is 4.39 Å². The van der Waals surface area contributed by atoms with E-state index in [4.69, 9.17) is 10.00 Å². The van der Waals surface area contributed by atoms with Crippen molar-refractivity contribution in [3.8, 4) is 17.7 Å². The zero-order valence-electron chi connectivity index (χ0n) is 11.2. The maximum Gasteiger partial charge on any atom is 0.219 e. The van der Waals surface area contributed by atoms with E-state index in [0.29, 0.717) is 5.88 Å². The van der Waals surface area contributed by atoms with Gasteiger partial charge in [0.05, 0.1) is 11.6 Å². The first-order valence-corrected chi connectivity index (χ1v) is 6.14. The summed E-state index contributed by atoms with van der Waals surface area (Å²) in [6, 6.07) is 9.68. The fraction of sp³-hybridized carbons (Fsp3) is 0.200. The topological polar surface area (TPSA) is 57.9 Å². The minimum Gasteiger partial charge on any atom is -0.436 e. The first-order chi connectivity index (χ1) is 9.63. The van der Waals surface area contributed by atoms with Gasteiger partial charge in [0.25, 0.3) is 0 Å². The van der Waals surface area contributed by atoms with E-state index in [2.05, 4.69) is 10.3 Å². The van der Waals surface area contributed by atoms with E-state index >= 15 is 0 Å². The molecule has 0 saturated heterocycles. The molecule has 102 valence electrons. The Bertz CT molecular complexity index is 652. The lowest BCUT2D eigenvalue weighted by Gasteiger charge is -2.12. The third-order valence-corrected chi connectivity index (χ3v) is 2.97. The maximum absolute atomic E-state index is 13.7. The Hall–Kier alpha value is -2.45. The van der Waals surface area contributed by atoms with Gasteiger partial charge in [0.1, 0.15) is 0 Å². The average molecular weight is 271 g/mol. The third-order valence-electron chi connectivity index (χ3n) is 2.97. The van der Waals surface area contributed by atoms with Crippen LogP contribution < -0.4 is 10.1 Å². The molecule has 0 aliphatic rings. The summed E-state index contributed by atoms with van der Waals surface area (Å²) in [6.45, 7) is 2.00. The quantitative estimate of drug-likeness (QED) is 0.928. The number of hydrogen-bond donors (Lipinski definition) is 1. The Morgan fingerprint density at radius 3 is 2.80 bits per heavy atom. The molecule has 0 bridgehead atoms. The Kier molecular flexibility index (Phi) is 4.28. The van der Waals surface area contributed by atoms with Crippen molar-refractivity contribution in [3.05, 3.63) is 53.5 Å². The van der Waals surface area contributed by atoms with Gasteiger partial charge in [-0.1, -0.05) is 0 Å². The summed E-state index contributed by atoms with van der Waals surface area (Å²) in [6.07, 6.45) is 1.61. The van der Waals surface area contributed by atoms with Crippen LogP contribution in [0, 0.1) is 17.1 Å². The van der Waals surface area contributed by atoms with Crippen LogP contribution in [0.2, 0.25) is 0 Å². The van der Waals surface area contributed by atoms with Crippen LogP contribution >= 0.6 is 0 Å². The number of benzene rings is 1. The Labute approximate surface area is 116 Å². The van der Waals surface area contributed by atoms with Crippen molar-refractivity contribution in [3.63, 3.8) is 0 Å². The fourth-order valence-electron chi connectivity index (χ4n) is 1.68. The minimum atomic E-state index is -0.585. The number of nitrogens with one attached hydrogen (secondary N) is 1. The van der Waals surface area contributed by atoms with E-state index in [1.54, 1.807) is 12.3 Å². The Morgan fingerprint density at radius 2 is 2.15 bits per heavy atom. The van der Waals surface area contributed by atoms with Gasteiger partial charge in [-0.05, 0) is 43.8 Å². The van der Waals surface area contributed by atoms with Gasteiger partial charge in [0.15, 0.2) is 11.6 Å². The van der Waals surface area contributed by atoms with E-state index in [9.17, 15) is 4.39 Å². The molecular formula is C15H14FN3O. The highest BCUT2D eigenvalue weighted by atomic mass is 19.1. The molecule has 0 aliphatic carbocycles. The van der Waals surface area contributed by atoms with Gasteiger partial charge < -0.3 is 10.1 Å². The molecule has 1 aromatic carbocycles. The van der Waals surface area contributed by atoms with Crippen LogP contribution in [0.15, 0.2) is 36.5 Å². The van der Waals surface area contributed by atoms with Crippen LogP contribution in [-0.4, -0.2) is 12.0 Å². The molecule has 0 amide bonds. The third kappa shape index (κ3) is 3.11. The second kappa shape index (κ2) is 6.13. The molecule has 5 heteroatoms. The number of rotatable bonds is 4. The van der Waals surface area contributed by atoms with Crippen molar-refractivity contribution >= 4 is 0 Å². The van der Waals surface area contributed by atoms with Crippen LogP contribution in [0.3, 0.4) is 0 Å². The van der Waals surface area contributed by atoms with Gasteiger partial charge >= 0.3 is 0 Å². The average Bonchev–Trinajstić information content (AvgIpc) is 2.48. The predicted molar refractivity (Wildman–Crippen MR) is 72.9 cm³/mol. The fourth-order valence-corrected chi connectivity index (χ4v) is 1.68. The molecule has 1 aromatic heterocycles. The van der Waals surface area contributed by atoms with E-state index in [0.717, 1.165) is 11.6 Å². The summed E-state index contributed by atoms with van der Waals surface area (Å²) in [5.41, 5.74) is 1.24. The van der Waals surface area contributed by atoms with Gasteiger partial charge in [0, 0.05) is 18.3 Å². The second-order valence-corrected chi connectivity index (χ2v) is 4.30. The SMILES string of the molecule is CNC(C)c1ccnc(Oc2ccc(C#N)cc2F)c1. The van der Waals surface area contributed by atoms with Gasteiger partial charge in [0.2, 0.25) is 5.88 Å². The minimum absolute atomic E-state index is 0.0470. The summed E-state index contributed by atoms with van der Waals surface area (Å²) >= 11 is 0. The molecule has 2 rings (SSSR count). The molecule has 20 heavy (non-hydrogen) atoms. The molecule has 0 saturated carbocycles. The summed E-state index contributed by atoms with van der Waals surface area (Å²) in [5, 5.41) is 11.8. The molecule has 4 nitrogen and oxygen atoms in total. The van der Waals surface area contributed by atoms with Gasteiger partial charge in [-0.3, -0.25) is 0 Å². The molecule has 1 atom stereocenters. The summed E-state index contributed by atoms with van der Waals surface area (Å²) in [4.78, 5) is 4.05. The number of halogens is 1. The number of aromatic nitrogens is 1. The molecule has 1 N–H and O–H groups in total. The lowest BCUT2D eigenvalue weighted by Crippen LogP contribution is -2.12. The van der Waals surface area contributed by atoms with Crippen molar-refractivity contribution in [2.45, 2.75) is 13.0 Å². The highest BCUT2D eigenvalue weighted by Crippen LogP contribution is 2.25. The van der Waals surface area contributed by atoms with Crippen LogP contribution in [0.25, 0.3) is 0 Å². The van der Waals surface area contributed by atoms with Crippen molar-refractivity contribution in [2.75, 3.05) is 7.05 Å². The molecule has 2 aromatic rings. The number of hydrogen-bond acceptors (Lipinski definition) is 4. The second-order valence-electron chi connectivity index (χ2n) is 4.30. The number of pyridine rings is 1. The monoisotopic (exact) mass is 271 g/mol. The van der Waals surface area contributed by atoms with Gasteiger partial charge in [-0.15, -0.1) is 0 Å². The highest BCUT2D eigenvalue weighted by Gasteiger charge is 2.09. The van der Waals surface area contributed by atoms with E-state index in [1.165, 1.54) is 12.1 Å². The number of ether oxygens (including phenoxy) is 1. The largest absolute Gasteiger partial charge is 0.436 e. The molecule has 1 heterocycles. The first kappa shape index (κ1) is 14.0. The zero-order chi connectivity index (χ0) is 14.5. The van der Waals surface area contributed by atoms with Crippen LogP contribution in [0.5, 0.6) is 11.6 Å². The van der Waals surface area contributed by atoms with Crippen molar-refractivity contribution in [1.29, 1.82) is 5.26 Å². The van der Waals surface area contributed by atoms with E-state index in [1.807, 2.05) is 26.1 Å². The molecule has 0 radical (unpaired) electrons. The van der Waals surface area contributed by atoms with Gasteiger partial charge in [-0.25, -0.2) is 9.37 Å². The predicted octanol–water partition coefficient (Wildman–Crippen LogP) is 3.17. The number of nitrogens with zero attached hydrogens (tertiary/aromatic N) is 2. The van der Waals surface area contributed by atoms with Gasteiger partial charge in [-0.2, -0.15) is 5.26 Å². The first-order valence-electron chi connectivity index (χ1n) is 6.14.